The summed E-state index contributed by atoms with van der Waals surface area (Å²) in [4.78, 5) is 22.6. The number of hydrogen-bond acceptors (Lipinski definition) is 3. The van der Waals surface area contributed by atoms with Crippen molar-refractivity contribution in [2.45, 2.75) is 45.4 Å². The minimum atomic E-state index is -0.271. The van der Waals surface area contributed by atoms with Crippen LogP contribution in [-0.2, 0) is 14.3 Å². The van der Waals surface area contributed by atoms with Gasteiger partial charge in [0.1, 0.15) is 5.78 Å². The van der Waals surface area contributed by atoms with Crippen LogP contribution < -0.4 is 0 Å². The van der Waals surface area contributed by atoms with Crippen molar-refractivity contribution >= 4 is 11.8 Å². The highest BCUT2D eigenvalue weighted by Gasteiger charge is 2.35. The lowest BCUT2D eigenvalue weighted by atomic mass is 9.72. The van der Waals surface area contributed by atoms with Crippen LogP contribution in [0.4, 0.5) is 0 Å². The summed E-state index contributed by atoms with van der Waals surface area (Å²) >= 11 is 0. The lowest BCUT2D eigenvalue weighted by molar-refractivity contribution is -0.142. The first-order valence-electron chi connectivity index (χ1n) is 5.18. The van der Waals surface area contributed by atoms with Crippen LogP contribution in [0.2, 0.25) is 0 Å². The third-order valence-corrected chi connectivity index (χ3v) is 3.16. The van der Waals surface area contributed by atoms with Crippen LogP contribution in [0, 0.1) is 5.41 Å². The number of esters is 1. The summed E-state index contributed by atoms with van der Waals surface area (Å²) < 4.78 is 4.57. The number of carbonyl (C=O) groups excluding carboxylic acids is 2. The first-order chi connectivity index (χ1) is 6.58. The molecule has 1 rings (SSSR count). The highest BCUT2D eigenvalue weighted by atomic mass is 16.5. The Morgan fingerprint density at radius 2 is 2.21 bits per heavy atom. The van der Waals surface area contributed by atoms with Crippen LogP contribution in [0.25, 0.3) is 0 Å². The Kier molecular flexibility index (Phi) is 3.67. The maximum Gasteiger partial charge on any atom is 0.305 e. The van der Waals surface area contributed by atoms with E-state index in [1.54, 1.807) is 0 Å². The van der Waals surface area contributed by atoms with Crippen LogP contribution in [-0.4, -0.2) is 18.9 Å². The average molecular weight is 198 g/mol. The fraction of sp³-hybridized carbons (Fsp3) is 0.818. The van der Waals surface area contributed by atoms with Crippen molar-refractivity contribution in [2.75, 3.05) is 7.11 Å². The molecule has 3 nitrogen and oxygen atoms in total. The van der Waals surface area contributed by atoms with Crippen LogP contribution in [0.3, 0.4) is 0 Å². The van der Waals surface area contributed by atoms with Crippen LogP contribution >= 0.6 is 0 Å². The number of methoxy groups -OCH3 is 1. The van der Waals surface area contributed by atoms with E-state index < -0.39 is 0 Å². The minimum absolute atomic E-state index is 0.218. The van der Waals surface area contributed by atoms with E-state index in [4.69, 9.17) is 0 Å². The molecule has 1 aliphatic rings. The summed E-state index contributed by atoms with van der Waals surface area (Å²) in [6.45, 7) is 1.97. The van der Waals surface area contributed by atoms with Gasteiger partial charge in [0.25, 0.3) is 0 Å². The van der Waals surface area contributed by atoms with Crippen molar-refractivity contribution in [3.05, 3.63) is 0 Å². The van der Waals surface area contributed by atoms with Gasteiger partial charge in [-0.25, -0.2) is 0 Å². The number of carbonyl (C=O) groups is 2. The van der Waals surface area contributed by atoms with Gasteiger partial charge >= 0.3 is 5.97 Å². The molecule has 0 saturated heterocycles. The molecule has 3 heteroatoms. The van der Waals surface area contributed by atoms with Gasteiger partial charge in [-0.05, 0) is 19.3 Å². The third-order valence-electron chi connectivity index (χ3n) is 3.16. The first-order valence-corrected chi connectivity index (χ1v) is 5.18. The molecule has 0 aromatic carbocycles. The van der Waals surface area contributed by atoms with E-state index in [0.717, 1.165) is 19.3 Å². The first kappa shape index (κ1) is 11.2. The number of hydrogen-bond donors (Lipinski definition) is 0. The van der Waals surface area contributed by atoms with E-state index in [0.29, 0.717) is 25.0 Å². The largest absolute Gasteiger partial charge is 0.469 e. The Labute approximate surface area is 84.8 Å². The standard InChI is InChI=1S/C11H18O3/c1-11(8-6-10(13)14-2)7-4-3-5-9(11)12/h3-8H2,1-2H3/t11-/m1/s1. The molecule has 1 aliphatic carbocycles. The smallest absolute Gasteiger partial charge is 0.305 e. The maximum atomic E-state index is 11.7. The Bertz CT molecular complexity index is 235. The van der Waals surface area contributed by atoms with Crippen LogP contribution in [0.5, 0.6) is 0 Å². The van der Waals surface area contributed by atoms with Gasteiger partial charge in [-0.15, -0.1) is 0 Å². The van der Waals surface area contributed by atoms with Crippen LogP contribution in [0.15, 0.2) is 0 Å². The van der Waals surface area contributed by atoms with E-state index in [1.165, 1.54) is 7.11 Å². The predicted octanol–water partition coefficient (Wildman–Crippen LogP) is 2.09. The Morgan fingerprint density at radius 1 is 1.50 bits per heavy atom. The van der Waals surface area contributed by atoms with Gasteiger partial charge in [0, 0.05) is 18.3 Å². The quantitative estimate of drug-likeness (QED) is 0.652. The molecule has 0 spiro atoms. The lowest BCUT2D eigenvalue weighted by Crippen LogP contribution is -2.31. The fourth-order valence-electron chi connectivity index (χ4n) is 1.99. The van der Waals surface area contributed by atoms with Gasteiger partial charge in [0.15, 0.2) is 0 Å². The van der Waals surface area contributed by atoms with Gasteiger partial charge < -0.3 is 4.74 Å². The zero-order chi connectivity index (χ0) is 10.6. The summed E-state index contributed by atoms with van der Waals surface area (Å²) in [5.41, 5.74) is -0.271. The van der Waals surface area contributed by atoms with Crippen molar-refractivity contribution in [3.63, 3.8) is 0 Å². The van der Waals surface area contributed by atoms with Gasteiger partial charge in [-0.2, -0.15) is 0 Å². The Balaban J connectivity index is 2.47. The molecule has 0 radical (unpaired) electrons. The molecule has 1 atom stereocenters. The number of rotatable bonds is 3. The maximum absolute atomic E-state index is 11.7. The van der Waals surface area contributed by atoms with E-state index >= 15 is 0 Å². The molecule has 0 aromatic rings. The molecule has 0 bridgehead atoms. The van der Waals surface area contributed by atoms with E-state index in [9.17, 15) is 9.59 Å². The van der Waals surface area contributed by atoms with Gasteiger partial charge in [0.2, 0.25) is 0 Å². The molecule has 0 aromatic heterocycles. The van der Waals surface area contributed by atoms with Crippen molar-refractivity contribution in [1.29, 1.82) is 0 Å². The predicted molar refractivity (Wildman–Crippen MR) is 52.8 cm³/mol. The van der Waals surface area contributed by atoms with E-state index in [1.807, 2.05) is 6.92 Å². The Hall–Kier alpha value is -0.860. The molecule has 0 N–H and O–H groups in total. The van der Waals surface area contributed by atoms with Crippen LogP contribution in [0.1, 0.15) is 45.4 Å². The highest BCUT2D eigenvalue weighted by Crippen LogP contribution is 2.36. The highest BCUT2D eigenvalue weighted by molar-refractivity contribution is 5.85. The summed E-state index contributed by atoms with van der Waals surface area (Å²) in [6.07, 6.45) is 4.70. The summed E-state index contributed by atoms with van der Waals surface area (Å²) in [7, 11) is 1.38. The molecule has 0 aliphatic heterocycles. The molecule has 0 heterocycles. The second-order valence-corrected chi connectivity index (χ2v) is 4.27. The van der Waals surface area contributed by atoms with E-state index in [2.05, 4.69) is 4.74 Å². The van der Waals surface area contributed by atoms with Crippen molar-refractivity contribution in [3.8, 4) is 0 Å². The van der Waals surface area contributed by atoms with Crippen molar-refractivity contribution in [2.24, 2.45) is 5.41 Å². The summed E-state index contributed by atoms with van der Waals surface area (Å²) in [5, 5.41) is 0. The second kappa shape index (κ2) is 4.58. The molecule has 1 saturated carbocycles. The molecule has 14 heavy (non-hydrogen) atoms. The zero-order valence-electron chi connectivity index (χ0n) is 8.97. The summed E-state index contributed by atoms with van der Waals surface area (Å²) in [6, 6.07) is 0. The number of ether oxygens (including phenoxy) is 1. The van der Waals surface area contributed by atoms with Gasteiger partial charge in [0.05, 0.1) is 7.11 Å². The Morgan fingerprint density at radius 3 is 2.79 bits per heavy atom. The van der Waals surface area contributed by atoms with E-state index in [-0.39, 0.29) is 11.4 Å². The molecule has 0 amide bonds. The topological polar surface area (TPSA) is 43.4 Å². The third kappa shape index (κ3) is 2.56. The van der Waals surface area contributed by atoms with Crippen molar-refractivity contribution in [1.82, 2.24) is 0 Å². The minimum Gasteiger partial charge on any atom is -0.469 e. The zero-order valence-corrected chi connectivity index (χ0v) is 8.97. The average Bonchev–Trinajstić information content (AvgIpc) is 2.19. The van der Waals surface area contributed by atoms with Crippen molar-refractivity contribution < 1.29 is 14.3 Å². The van der Waals surface area contributed by atoms with Gasteiger partial charge in [-0.1, -0.05) is 13.3 Å². The lowest BCUT2D eigenvalue weighted by Gasteiger charge is -2.31. The molecular weight excluding hydrogens is 180 g/mol. The fourth-order valence-corrected chi connectivity index (χ4v) is 1.99. The SMILES string of the molecule is COC(=O)CC[C@@]1(C)CCCCC1=O. The summed E-state index contributed by atoms with van der Waals surface area (Å²) in [5.74, 6) is 0.0947. The second-order valence-electron chi connectivity index (χ2n) is 4.27. The normalized spacial score (nSPS) is 27.4. The molecule has 0 unspecified atom stereocenters. The van der Waals surface area contributed by atoms with Gasteiger partial charge in [-0.3, -0.25) is 9.59 Å². The number of ketones is 1. The molecular formula is C11H18O3. The number of Topliss-reactive ketones (excluding diaryl/α,β-unsaturated/α-hetero) is 1. The monoisotopic (exact) mass is 198 g/mol. The molecule has 80 valence electrons. The molecule has 1 fully saturated rings.